The predicted octanol–water partition coefficient (Wildman–Crippen LogP) is 8.30. The number of hydrogen-bond donors (Lipinski definition) is 1. The van der Waals surface area contributed by atoms with E-state index in [-0.39, 0.29) is 5.56 Å². The molecule has 1 aliphatic rings. The minimum absolute atomic E-state index is 0.207. The first-order chi connectivity index (χ1) is 19.3. The van der Waals surface area contributed by atoms with Crippen LogP contribution in [0.5, 0.6) is 17.2 Å². The third-order valence-corrected chi connectivity index (χ3v) is 8.42. The van der Waals surface area contributed by atoms with Crippen molar-refractivity contribution in [2.24, 2.45) is 0 Å². The fourth-order valence-electron chi connectivity index (χ4n) is 5.05. The molecule has 6 rings (SSSR count). The van der Waals surface area contributed by atoms with Gasteiger partial charge in [-0.3, -0.25) is 10.00 Å². The molecule has 1 N–H and O–H groups in total. The van der Waals surface area contributed by atoms with Crippen LogP contribution in [-0.4, -0.2) is 47.5 Å². The Labute approximate surface area is 232 Å². The summed E-state index contributed by atoms with van der Waals surface area (Å²) in [6.45, 7) is 3.43. The SMILES string of the molecule is CC(F)(F)c1cc(F)ccc1-c1sc2c(ccc3[nH]ncc32)c1Oc1ccc(OCCN2CCC(F)CC2)cc1. The number of likely N-dealkylation sites (tertiary alicyclic amines) is 1. The van der Waals surface area contributed by atoms with Gasteiger partial charge in [-0.2, -0.15) is 5.10 Å². The summed E-state index contributed by atoms with van der Waals surface area (Å²) in [6.07, 6.45) is 2.11. The fraction of sp³-hybridized carbons (Fsp3) is 0.300. The second-order valence-corrected chi connectivity index (χ2v) is 11.1. The molecule has 10 heteroatoms. The number of nitrogens with zero attached hydrogens (tertiary/aromatic N) is 2. The first-order valence-corrected chi connectivity index (χ1v) is 13.9. The van der Waals surface area contributed by atoms with Gasteiger partial charge < -0.3 is 9.47 Å². The smallest absolute Gasteiger partial charge is 0.271 e. The lowest BCUT2D eigenvalue weighted by Gasteiger charge is -2.28. The number of aromatic amines is 1. The van der Waals surface area contributed by atoms with Crippen LogP contribution in [0.1, 0.15) is 25.3 Å². The number of nitrogens with one attached hydrogen (secondary N) is 1. The summed E-state index contributed by atoms with van der Waals surface area (Å²) in [6, 6.07) is 14.2. The first-order valence-electron chi connectivity index (χ1n) is 13.1. The molecule has 0 amide bonds. The Kier molecular flexibility index (Phi) is 7.14. The Morgan fingerprint density at radius 3 is 2.52 bits per heavy atom. The van der Waals surface area contributed by atoms with Gasteiger partial charge in [-0.15, -0.1) is 11.3 Å². The first kappa shape index (κ1) is 26.6. The number of benzene rings is 3. The van der Waals surface area contributed by atoms with Gasteiger partial charge in [-0.05, 0) is 61.4 Å². The zero-order valence-corrected chi connectivity index (χ0v) is 22.5. The van der Waals surface area contributed by atoms with Crippen molar-refractivity contribution in [3.8, 4) is 27.7 Å². The molecule has 0 saturated carbocycles. The van der Waals surface area contributed by atoms with E-state index in [0.29, 0.717) is 41.6 Å². The molecular weight excluding hydrogens is 542 g/mol. The van der Waals surface area contributed by atoms with Crippen molar-refractivity contribution < 1.29 is 27.0 Å². The van der Waals surface area contributed by atoms with E-state index in [1.165, 1.54) is 23.5 Å². The van der Waals surface area contributed by atoms with Crippen LogP contribution in [-0.2, 0) is 5.92 Å². The summed E-state index contributed by atoms with van der Waals surface area (Å²) in [7, 11) is 0. The average Bonchev–Trinajstić information content (AvgIpc) is 3.55. The highest BCUT2D eigenvalue weighted by Crippen LogP contribution is 2.50. The van der Waals surface area contributed by atoms with Crippen LogP contribution < -0.4 is 9.47 Å². The van der Waals surface area contributed by atoms with E-state index in [2.05, 4.69) is 15.1 Å². The summed E-state index contributed by atoms with van der Waals surface area (Å²) in [5.41, 5.74) is 0.605. The quantitative estimate of drug-likeness (QED) is 0.191. The number of hydrogen-bond acceptors (Lipinski definition) is 5. The van der Waals surface area contributed by atoms with Crippen molar-refractivity contribution in [1.82, 2.24) is 15.1 Å². The van der Waals surface area contributed by atoms with Gasteiger partial charge >= 0.3 is 0 Å². The molecule has 5 nitrogen and oxygen atoms in total. The highest BCUT2D eigenvalue weighted by Gasteiger charge is 2.31. The number of piperidine rings is 1. The number of alkyl halides is 3. The summed E-state index contributed by atoms with van der Waals surface area (Å²) in [5.74, 6) is -2.43. The Morgan fingerprint density at radius 1 is 1.02 bits per heavy atom. The molecule has 2 aromatic heterocycles. The highest BCUT2D eigenvalue weighted by atomic mass is 32.1. The minimum atomic E-state index is -3.27. The largest absolute Gasteiger partial charge is 0.492 e. The molecule has 5 aromatic rings. The molecular formula is C30H27F4N3O2S. The Morgan fingerprint density at radius 2 is 1.77 bits per heavy atom. The molecule has 0 unspecified atom stereocenters. The predicted molar refractivity (Wildman–Crippen MR) is 149 cm³/mol. The van der Waals surface area contributed by atoms with Crippen LogP contribution in [0.15, 0.2) is 60.8 Å². The van der Waals surface area contributed by atoms with Crippen LogP contribution >= 0.6 is 11.3 Å². The van der Waals surface area contributed by atoms with Gasteiger partial charge in [0.15, 0.2) is 5.75 Å². The molecule has 0 radical (unpaired) electrons. The monoisotopic (exact) mass is 569 g/mol. The maximum absolute atomic E-state index is 14.6. The number of aromatic nitrogens is 2. The summed E-state index contributed by atoms with van der Waals surface area (Å²) in [5, 5.41) is 8.63. The standard InChI is InChI=1S/C30H27F4N3O2S/c1-30(33,34)25-16-19(32)2-7-22(25)29-27(23-8-9-26-24(17-35-36-26)28(23)40-29)39-21-5-3-20(4-6-21)38-15-14-37-12-10-18(31)11-13-37/h2-9,16-18H,10-15H2,1H3,(H,35,36). The number of ether oxygens (including phenoxy) is 2. The Balaban J connectivity index is 1.30. The maximum Gasteiger partial charge on any atom is 0.271 e. The van der Waals surface area contributed by atoms with Crippen molar-refractivity contribution in [3.63, 3.8) is 0 Å². The number of rotatable bonds is 8. The van der Waals surface area contributed by atoms with Crippen LogP contribution in [0.2, 0.25) is 0 Å². The van der Waals surface area contributed by atoms with Crippen LogP contribution in [0.3, 0.4) is 0 Å². The fourth-order valence-corrected chi connectivity index (χ4v) is 6.33. The van der Waals surface area contributed by atoms with E-state index in [1.807, 2.05) is 12.1 Å². The Hall–Kier alpha value is -3.63. The van der Waals surface area contributed by atoms with E-state index in [1.54, 1.807) is 30.5 Å². The normalized spacial score (nSPS) is 15.2. The number of H-pyrrole nitrogens is 1. The van der Waals surface area contributed by atoms with E-state index in [0.717, 1.165) is 53.6 Å². The van der Waals surface area contributed by atoms with Crippen molar-refractivity contribution in [3.05, 3.63) is 72.2 Å². The topological polar surface area (TPSA) is 50.4 Å². The van der Waals surface area contributed by atoms with Crippen LogP contribution in [0, 0.1) is 5.82 Å². The van der Waals surface area contributed by atoms with Gasteiger partial charge in [0.2, 0.25) is 0 Å². The van der Waals surface area contributed by atoms with Crippen molar-refractivity contribution in [2.45, 2.75) is 31.9 Å². The van der Waals surface area contributed by atoms with Gasteiger partial charge in [-0.25, -0.2) is 17.6 Å². The van der Waals surface area contributed by atoms with Crippen LogP contribution in [0.4, 0.5) is 17.6 Å². The van der Waals surface area contributed by atoms with Gasteiger partial charge in [0.1, 0.15) is 30.1 Å². The minimum Gasteiger partial charge on any atom is -0.492 e. The number of thiophene rings is 1. The summed E-state index contributed by atoms with van der Waals surface area (Å²) < 4.78 is 69.7. The van der Waals surface area contributed by atoms with Crippen molar-refractivity contribution >= 4 is 32.3 Å². The summed E-state index contributed by atoms with van der Waals surface area (Å²) in [4.78, 5) is 2.66. The van der Waals surface area contributed by atoms with Crippen LogP contribution in [0.25, 0.3) is 31.4 Å². The average molecular weight is 570 g/mol. The van der Waals surface area contributed by atoms with Crippen molar-refractivity contribution in [1.29, 1.82) is 0 Å². The van der Waals surface area contributed by atoms with E-state index in [4.69, 9.17) is 9.47 Å². The maximum atomic E-state index is 14.6. The molecule has 0 atom stereocenters. The molecule has 1 saturated heterocycles. The third kappa shape index (κ3) is 5.38. The Bertz CT molecular complexity index is 1640. The lowest BCUT2D eigenvalue weighted by atomic mass is 10.00. The molecule has 1 fully saturated rings. The highest BCUT2D eigenvalue weighted by molar-refractivity contribution is 7.23. The number of fused-ring (bicyclic) bond motifs is 3. The second-order valence-electron chi connectivity index (χ2n) is 10.1. The summed E-state index contributed by atoms with van der Waals surface area (Å²) >= 11 is 1.30. The van der Waals surface area contributed by atoms with Gasteiger partial charge in [0.25, 0.3) is 5.92 Å². The molecule has 3 heterocycles. The molecule has 208 valence electrons. The molecule has 0 bridgehead atoms. The molecule has 0 spiro atoms. The molecule has 0 aliphatic carbocycles. The second kappa shape index (κ2) is 10.7. The van der Waals surface area contributed by atoms with Gasteiger partial charge in [-0.1, -0.05) is 6.07 Å². The van der Waals surface area contributed by atoms with E-state index < -0.39 is 23.5 Å². The third-order valence-electron chi connectivity index (χ3n) is 7.17. The van der Waals surface area contributed by atoms with Crippen molar-refractivity contribution in [2.75, 3.05) is 26.2 Å². The molecule has 40 heavy (non-hydrogen) atoms. The lowest BCUT2D eigenvalue weighted by molar-refractivity contribution is 0.0178. The zero-order valence-electron chi connectivity index (χ0n) is 21.7. The number of halogens is 4. The molecule has 1 aliphatic heterocycles. The van der Waals surface area contributed by atoms with E-state index in [9.17, 15) is 17.6 Å². The lowest BCUT2D eigenvalue weighted by Crippen LogP contribution is -2.37. The van der Waals surface area contributed by atoms with Gasteiger partial charge in [0.05, 0.1) is 16.6 Å². The van der Waals surface area contributed by atoms with Gasteiger partial charge in [0, 0.05) is 53.2 Å². The zero-order chi connectivity index (χ0) is 27.9. The molecule has 3 aromatic carbocycles. The van der Waals surface area contributed by atoms with E-state index >= 15 is 0 Å².